The summed E-state index contributed by atoms with van der Waals surface area (Å²) in [5.41, 5.74) is 3.60. The van der Waals surface area contributed by atoms with E-state index in [1.54, 1.807) is 26.2 Å². The van der Waals surface area contributed by atoms with E-state index < -0.39 is 6.04 Å². The van der Waals surface area contributed by atoms with Gasteiger partial charge in [-0.3, -0.25) is 9.59 Å². The number of hydrogen-bond donors (Lipinski definition) is 2. The number of carbonyl (C=O) groups is 2. The normalized spacial score (nSPS) is 14.2. The predicted octanol–water partition coefficient (Wildman–Crippen LogP) is 6.00. The number of aromatic amines is 1. The van der Waals surface area contributed by atoms with Crippen molar-refractivity contribution in [1.82, 2.24) is 15.2 Å². The molecular formula is C35H41N3O5. The first-order chi connectivity index (χ1) is 21.0. The predicted molar refractivity (Wildman–Crippen MR) is 168 cm³/mol. The van der Waals surface area contributed by atoms with Gasteiger partial charge in [-0.25, -0.2) is 0 Å². The van der Waals surface area contributed by atoms with Gasteiger partial charge >= 0.3 is 0 Å². The summed E-state index contributed by atoms with van der Waals surface area (Å²) in [6, 6.07) is 20.5. The molecule has 0 bridgehead atoms. The van der Waals surface area contributed by atoms with Crippen LogP contribution < -0.4 is 19.5 Å². The zero-order valence-corrected chi connectivity index (χ0v) is 25.2. The molecule has 0 saturated heterocycles. The fourth-order valence-electron chi connectivity index (χ4n) is 6.01. The Kier molecular flexibility index (Phi) is 9.87. The lowest BCUT2D eigenvalue weighted by Gasteiger charge is -2.33. The molecule has 2 amide bonds. The maximum absolute atomic E-state index is 14.3. The van der Waals surface area contributed by atoms with Crippen molar-refractivity contribution in [1.29, 1.82) is 0 Å². The minimum absolute atomic E-state index is 0.110. The molecule has 1 saturated carbocycles. The lowest BCUT2D eigenvalue weighted by molar-refractivity contribution is -0.140. The average molecular weight is 584 g/mol. The zero-order chi connectivity index (χ0) is 30.2. The van der Waals surface area contributed by atoms with Gasteiger partial charge in [0.05, 0.1) is 27.8 Å². The fraction of sp³-hybridized carbons (Fsp3) is 0.371. The largest absolute Gasteiger partial charge is 0.497 e. The van der Waals surface area contributed by atoms with Crippen molar-refractivity contribution >= 4 is 22.7 Å². The third-order valence-electron chi connectivity index (χ3n) is 8.37. The van der Waals surface area contributed by atoms with E-state index in [9.17, 15) is 9.59 Å². The molecule has 3 aromatic carbocycles. The van der Waals surface area contributed by atoms with Crippen LogP contribution in [0, 0.1) is 0 Å². The molecule has 0 unspecified atom stereocenters. The highest BCUT2D eigenvalue weighted by Gasteiger charge is 2.33. The number of para-hydroxylation sites is 1. The molecule has 0 spiro atoms. The van der Waals surface area contributed by atoms with Gasteiger partial charge in [0.15, 0.2) is 11.5 Å². The van der Waals surface area contributed by atoms with E-state index in [1.165, 1.54) is 6.42 Å². The number of rotatable bonds is 12. The third kappa shape index (κ3) is 7.13. The molecule has 2 N–H and O–H groups in total. The average Bonchev–Trinajstić information content (AvgIpc) is 3.45. The van der Waals surface area contributed by atoms with Crippen LogP contribution in [0.4, 0.5) is 0 Å². The topological polar surface area (TPSA) is 92.9 Å². The molecule has 1 aliphatic rings. The molecule has 5 rings (SSSR count). The van der Waals surface area contributed by atoms with Gasteiger partial charge in [-0.15, -0.1) is 0 Å². The summed E-state index contributed by atoms with van der Waals surface area (Å²) in [4.78, 5) is 33.4. The van der Waals surface area contributed by atoms with Crippen LogP contribution in [-0.4, -0.2) is 55.6 Å². The van der Waals surface area contributed by atoms with Crippen LogP contribution in [0.3, 0.4) is 0 Å². The number of carbonyl (C=O) groups excluding carboxylic acids is 2. The van der Waals surface area contributed by atoms with Crippen molar-refractivity contribution in [2.24, 2.45) is 0 Å². The molecule has 1 heterocycles. The Bertz CT molecular complexity index is 1520. The molecule has 4 aromatic rings. The van der Waals surface area contributed by atoms with Gasteiger partial charge in [0.2, 0.25) is 11.8 Å². The molecule has 8 heteroatoms. The Balaban J connectivity index is 1.49. The van der Waals surface area contributed by atoms with E-state index in [0.717, 1.165) is 53.3 Å². The number of nitrogens with zero attached hydrogens (tertiary/aromatic N) is 1. The van der Waals surface area contributed by atoms with E-state index in [0.29, 0.717) is 30.2 Å². The smallest absolute Gasteiger partial charge is 0.247 e. The van der Waals surface area contributed by atoms with Crippen molar-refractivity contribution in [3.8, 4) is 17.2 Å². The van der Waals surface area contributed by atoms with Gasteiger partial charge in [0, 0.05) is 29.7 Å². The fourth-order valence-corrected chi connectivity index (χ4v) is 6.01. The zero-order valence-electron chi connectivity index (χ0n) is 25.2. The Hall–Kier alpha value is -4.46. The highest BCUT2D eigenvalue weighted by Crippen LogP contribution is 2.30. The third-order valence-corrected chi connectivity index (χ3v) is 8.37. The van der Waals surface area contributed by atoms with Gasteiger partial charge in [-0.05, 0) is 66.3 Å². The van der Waals surface area contributed by atoms with E-state index in [2.05, 4.69) is 10.3 Å². The number of nitrogens with one attached hydrogen (secondary N) is 2. The summed E-state index contributed by atoms with van der Waals surface area (Å²) >= 11 is 0. The van der Waals surface area contributed by atoms with E-state index in [-0.39, 0.29) is 24.3 Å². The minimum atomic E-state index is -0.800. The lowest BCUT2D eigenvalue weighted by Crippen LogP contribution is -2.48. The van der Waals surface area contributed by atoms with Crippen LogP contribution in [-0.2, 0) is 22.4 Å². The second-order valence-corrected chi connectivity index (χ2v) is 11.1. The van der Waals surface area contributed by atoms with E-state index >= 15 is 0 Å². The quantitative estimate of drug-likeness (QED) is 0.214. The summed E-state index contributed by atoms with van der Waals surface area (Å²) < 4.78 is 16.3. The number of fused-ring (bicyclic) bond motifs is 1. The highest BCUT2D eigenvalue weighted by atomic mass is 16.5. The Morgan fingerprint density at radius 1 is 0.907 bits per heavy atom. The summed E-state index contributed by atoms with van der Waals surface area (Å²) in [5, 5.41) is 4.30. The van der Waals surface area contributed by atoms with Gasteiger partial charge in [-0.2, -0.15) is 0 Å². The monoisotopic (exact) mass is 583 g/mol. The summed E-state index contributed by atoms with van der Waals surface area (Å²) in [6.07, 6.45) is 7.88. The number of hydrogen-bond acceptors (Lipinski definition) is 5. The van der Waals surface area contributed by atoms with Crippen molar-refractivity contribution < 1.29 is 23.8 Å². The molecule has 226 valence electrons. The Morgan fingerprint density at radius 3 is 2.37 bits per heavy atom. The number of aromatic nitrogens is 1. The van der Waals surface area contributed by atoms with Crippen LogP contribution in [0.5, 0.6) is 17.2 Å². The molecule has 1 aliphatic carbocycles. The number of ether oxygens (including phenoxy) is 3. The molecule has 0 aliphatic heterocycles. The second kappa shape index (κ2) is 14.1. The van der Waals surface area contributed by atoms with Crippen molar-refractivity contribution in [2.75, 3.05) is 27.9 Å². The molecule has 1 atom stereocenters. The molecule has 1 fully saturated rings. The van der Waals surface area contributed by atoms with Crippen LogP contribution in [0.15, 0.2) is 72.9 Å². The number of methoxy groups -OCH3 is 3. The number of amides is 2. The second-order valence-electron chi connectivity index (χ2n) is 11.1. The summed E-state index contributed by atoms with van der Waals surface area (Å²) in [6.45, 7) is 0.339. The van der Waals surface area contributed by atoms with Gasteiger partial charge < -0.3 is 29.4 Å². The SMILES string of the molecule is COc1ccc([C@H](C(=O)NC2CCCCC2)N(CCc2ccc(OC)c(OC)c2)C(=O)Cc2c[nH]c3ccccc23)cc1. The van der Waals surface area contributed by atoms with Crippen LogP contribution >= 0.6 is 0 Å². The number of H-pyrrole nitrogens is 1. The van der Waals surface area contributed by atoms with Crippen molar-refractivity contribution in [2.45, 2.75) is 57.0 Å². The molecule has 0 radical (unpaired) electrons. The van der Waals surface area contributed by atoms with Crippen LogP contribution in [0.1, 0.15) is 54.8 Å². The number of benzene rings is 3. The summed E-state index contributed by atoms with van der Waals surface area (Å²) in [7, 11) is 4.82. The van der Waals surface area contributed by atoms with Crippen LogP contribution in [0.2, 0.25) is 0 Å². The minimum Gasteiger partial charge on any atom is -0.497 e. The van der Waals surface area contributed by atoms with E-state index in [1.807, 2.05) is 72.9 Å². The molecule has 43 heavy (non-hydrogen) atoms. The maximum atomic E-state index is 14.3. The van der Waals surface area contributed by atoms with Crippen LogP contribution in [0.25, 0.3) is 10.9 Å². The lowest BCUT2D eigenvalue weighted by atomic mass is 9.94. The molecular weight excluding hydrogens is 542 g/mol. The first kappa shape index (κ1) is 30.0. The first-order valence-corrected chi connectivity index (χ1v) is 15.0. The van der Waals surface area contributed by atoms with E-state index in [4.69, 9.17) is 14.2 Å². The highest BCUT2D eigenvalue weighted by molar-refractivity contribution is 5.92. The maximum Gasteiger partial charge on any atom is 0.247 e. The molecule has 8 nitrogen and oxygen atoms in total. The first-order valence-electron chi connectivity index (χ1n) is 15.0. The summed E-state index contributed by atoms with van der Waals surface area (Å²) in [5.74, 6) is 1.68. The van der Waals surface area contributed by atoms with Crippen molar-refractivity contribution in [3.63, 3.8) is 0 Å². The van der Waals surface area contributed by atoms with Crippen molar-refractivity contribution in [3.05, 3.63) is 89.6 Å². The molecule has 1 aromatic heterocycles. The van der Waals surface area contributed by atoms with Gasteiger partial charge in [-0.1, -0.05) is 55.7 Å². The van der Waals surface area contributed by atoms with Gasteiger partial charge in [0.25, 0.3) is 0 Å². The Labute approximate surface area is 253 Å². The van der Waals surface area contributed by atoms with Gasteiger partial charge in [0.1, 0.15) is 11.8 Å². The standard InChI is InChI=1S/C35H41N3O5/c1-41-28-16-14-25(15-17-28)34(35(40)37-27-9-5-4-6-10-27)38(20-19-24-13-18-31(42-2)32(21-24)43-3)33(39)22-26-23-36-30-12-8-7-11-29(26)30/h7-8,11-18,21,23,27,34,36H,4-6,9-10,19-20,22H2,1-3H3,(H,37,40)/t34-/m1/s1. The Morgan fingerprint density at radius 2 is 1.65 bits per heavy atom.